The number of fused-ring (bicyclic) bond motifs is 1. The summed E-state index contributed by atoms with van der Waals surface area (Å²) in [5.41, 5.74) is 2.13. The Bertz CT molecular complexity index is 219. The van der Waals surface area contributed by atoms with E-state index in [4.69, 9.17) is 5.84 Å². The van der Waals surface area contributed by atoms with Crippen molar-refractivity contribution < 1.29 is 4.79 Å². The van der Waals surface area contributed by atoms with Crippen molar-refractivity contribution in [2.45, 2.75) is 25.7 Å². The molecule has 1 aliphatic carbocycles. The van der Waals surface area contributed by atoms with Crippen LogP contribution in [-0.2, 0) is 4.79 Å². The maximum absolute atomic E-state index is 11.7. The number of nitrogens with one attached hydrogen (secondary N) is 2. The fourth-order valence-electron chi connectivity index (χ4n) is 2.83. The lowest BCUT2D eigenvalue weighted by Gasteiger charge is -2.36. The third kappa shape index (κ3) is 1.25. The summed E-state index contributed by atoms with van der Waals surface area (Å²) in [6.45, 7) is 1.79. The minimum absolute atomic E-state index is 0.0298. The molecule has 2 atom stereocenters. The maximum atomic E-state index is 11.7. The van der Waals surface area contributed by atoms with Crippen LogP contribution < -0.4 is 16.6 Å². The second kappa shape index (κ2) is 3.27. The molecule has 2 rings (SSSR count). The van der Waals surface area contributed by atoms with Gasteiger partial charge in [0.05, 0.1) is 5.41 Å². The van der Waals surface area contributed by atoms with Gasteiger partial charge in [-0.1, -0.05) is 12.8 Å². The number of hydrogen-bond acceptors (Lipinski definition) is 3. The van der Waals surface area contributed by atoms with Gasteiger partial charge in [0.15, 0.2) is 0 Å². The van der Waals surface area contributed by atoms with Crippen LogP contribution in [0.1, 0.15) is 25.7 Å². The van der Waals surface area contributed by atoms with E-state index in [-0.39, 0.29) is 11.3 Å². The molecule has 2 fully saturated rings. The Balaban J connectivity index is 2.20. The molecular formula is C9H17N3O. The molecule has 0 radical (unpaired) electrons. The summed E-state index contributed by atoms with van der Waals surface area (Å²) in [5.74, 6) is 5.76. The zero-order valence-corrected chi connectivity index (χ0v) is 7.81. The molecule has 0 aromatic carbocycles. The Labute approximate surface area is 78.2 Å². The molecule has 74 valence electrons. The highest BCUT2D eigenvalue weighted by Crippen LogP contribution is 2.43. The van der Waals surface area contributed by atoms with Crippen molar-refractivity contribution in [1.29, 1.82) is 0 Å². The van der Waals surface area contributed by atoms with Gasteiger partial charge in [-0.2, -0.15) is 0 Å². The van der Waals surface area contributed by atoms with Crippen LogP contribution in [-0.4, -0.2) is 19.0 Å². The molecule has 4 heteroatoms. The molecule has 0 spiro atoms. The topological polar surface area (TPSA) is 67.1 Å². The number of amides is 1. The van der Waals surface area contributed by atoms with Gasteiger partial charge in [0, 0.05) is 6.54 Å². The number of nitrogens with two attached hydrogens (primary N) is 1. The fourth-order valence-corrected chi connectivity index (χ4v) is 2.83. The normalized spacial score (nSPS) is 38.4. The van der Waals surface area contributed by atoms with Crippen LogP contribution in [0.25, 0.3) is 0 Å². The highest BCUT2D eigenvalue weighted by atomic mass is 16.2. The SMILES string of the molecule is NNC(=O)[C@@]12CCCC[C@H]1CNC2. The molecule has 13 heavy (non-hydrogen) atoms. The van der Waals surface area contributed by atoms with E-state index in [1.165, 1.54) is 12.8 Å². The Morgan fingerprint density at radius 2 is 2.38 bits per heavy atom. The average Bonchev–Trinajstić information content (AvgIpc) is 2.61. The van der Waals surface area contributed by atoms with Gasteiger partial charge >= 0.3 is 0 Å². The molecule has 2 aliphatic rings. The predicted octanol–water partition coefficient (Wildman–Crippen LogP) is -0.244. The number of hydrazine groups is 1. The van der Waals surface area contributed by atoms with E-state index < -0.39 is 0 Å². The van der Waals surface area contributed by atoms with E-state index >= 15 is 0 Å². The Hall–Kier alpha value is -0.610. The first-order chi connectivity index (χ1) is 6.29. The van der Waals surface area contributed by atoms with E-state index in [0.717, 1.165) is 25.9 Å². The van der Waals surface area contributed by atoms with E-state index in [1.807, 2.05) is 0 Å². The summed E-state index contributed by atoms with van der Waals surface area (Å²) in [6, 6.07) is 0. The molecule has 1 saturated carbocycles. The maximum Gasteiger partial charge on any atom is 0.241 e. The van der Waals surface area contributed by atoms with Crippen LogP contribution >= 0.6 is 0 Å². The van der Waals surface area contributed by atoms with Crippen molar-refractivity contribution in [3.63, 3.8) is 0 Å². The summed E-state index contributed by atoms with van der Waals surface area (Å²) < 4.78 is 0. The summed E-state index contributed by atoms with van der Waals surface area (Å²) in [4.78, 5) is 11.7. The van der Waals surface area contributed by atoms with E-state index in [9.17, 15) is 4.79 Å². The minimum atomic E-state index is -0.187. The molecule has 0 unspecified atom stereocenters. The van der Waals surface area contributed by atoms with Crippen LogP contribution in [0, 0.1) is 11.3 Å². The third-order valence-electron chi connectivity index (χ3n) is 3.62. The van der Waals surface area contributed by atoms with Crippen molar-refractivity contribution in [3.05, 3.63) is 0 Å². The molecule has 0 bridgehead atoms. The molecule has 0 aromatic rings. The Morgan fingerprint density at radius 1 is 1.54 bits per heavy atom. The summed E-state index contributed by atoms with van der Waals surface area (Å²) in [6.07, 6.45) is 4.58. The fraction of sp³-hybridized carbons (Fsp3) is 0.889. The first-order valence-corrected chi connectivity index (χ1v) is 5.01. The number of carbonyl (C=O) groups excluding carboxylic acids is 1. The van der Waals surface area contributed by atoms with Gasteiger partial charge in [0.25, 0.3) is 0 Å². The molecular weight excluding hydrogens is 166 g/mol. The molecule has 4 nitrogen and oxygen atoms in total. The third-order valence-corrected chi connectivity index (χ3v) is 3.62. The Morgan fingerprint density at radius 3 is 3.15 bits per heavy atom. The van der Waals surface area contributed by atoms with Gasteiger partial charge in [-0.05, 0) is 25.3 Å². The van der Waals surface area contributed by atoms with Crippen LogP contribution in [0.4, 0.5) is 0 Å². The van der Waals surface area contributed by atoms with Gasteiger partial charge in [0.1, 0.15) is 0 Å². The Kier molecular flexibility index (Phi) is 2.26. The van der Waals surface area contributed by atoms with E-state index in [0.29, 0.717) is 5.92 Å². The minimum Gasteiger partial charge on any atom is -0.315 e. The lowest BCUT2D eigenvalue weighted by molar-refractivity contribution is -0.134. The summed E-state index contributed by atoms with van der Waals surface area (Å²) in [7, 11) is 0. The van der Waals surface area contributed by atoms with E-state index in [2.05, 4.69) is 10.7 Å². The quantitative estimate of drug-likeness (QED) is 0.298. The van der Waals surface area contributed by atoms with Crippen LogP contribution in [0.2, 0.25) is 0 Å². The second-order valence-corrected chi connectivity index (χ2v) is 4.20. The molecule has 1 heterocycles. The first kappa shape index (κ1) is 8.97. The highest BCUT2D eigenvalue weighted by molar-refractivity contribution is 5.83. The predicted molar refractivity (Wildman–Crippen MR) is 49.6 cm³/mol. The second-order valence-electron chi connectivity index (χ2n) is 4.20. The van der Waals surface area contributed by atoms with Gasteiger partial charge < -0.3 is 5.32 Å². The molecule has 1 aliphatic heterocycles. The lowest BCUT2D eigenvalue weighted by atomic mass is 9.68. The van der Waals surface area contributed by atoms with Crippen LogP contribution in [0.15, 0.2) is 0 Å². The largest absolute Gasteiger partial charge is 0.315 e. The van der Waals surface area contributed by atoms with Gasteiger partial charge in [-0.25, -0.2) is 5.84 Å². The standard InChI is InChI=1S/C9H17N3O/c10-12-8(13)9-4-2-1-3-7(9)5-11-6-9/h7,11H,1-6,10H2,(H,12,13)/t7-,9+/m0/s1. The van der Waals surface area contributed by atoms with Crippen molar-refractivity contribution in [2.75, 3.05) is 13.1 Å². The summed E-state index contributed by atoms with van der Waals surface area (Å²) >= 11 is 0. The van der Waals surface area contributed by atoms with Crippen LogP contribution in [0.3, 0.4) is 0 Å². The molecule has 4 N–H and O–H groups in total. The van der Waals surface area contributed by atoms with Gasteiger partial charge in [-0.3, -0.25) is 10.2 Å². The molecule has 1 saturated heterocycles. The van der Waals surface area contributed by atoms with Crippen molar-refractivity contribution >= 4 is 5.91 Å². The van der Waals surface area contributed by atoms with Crippen molar-refractivity contribution in [2.24, 2.45) is 17.2 Å². The van der Waals surface area contributed by atoms with Gasteiger partial charge in [0.2, 0.25) is 5.91 Å². The monoisotopic (exact) mass is 183 g/mol. The summed E-state index contributed by atoms with van der Waals surface area (Å²) in [5, 5.41) is 3.30. The smallest absolute Gasteiger partial charge is 0.241 e. The number of carbonyl (C=O) groups is 1. The lowest BCUT2D eigenvalue weighted by Crippen LogP contribution is -2.50. The highest BCUT2D eigenvalue weighted by Gasteiger charge is 2.49. The van der Waals surface area contributed by atoms with Gasteiger partial charge in [-0.15, -0.1) is 0 Å². The number of rotatable bonds is 1. The zero-order valence-electron chi connectivity index (χ0n) is 7.81. The molecule has 1 amide bonds. The van der Waals surface area contributed by atoms with Crippen molar-refractivity contribution in [1.82, 2.24) is 10.7 Å². The molecule has 0 aromatic heterocycles. The number of hydrogen-bond donors (Lipinski definition) is 3. The van der Waals surface area contributed by atoms with Crippen molar-refractivity contribution in [3.8, 4) is 0 Å². The first-order valence-electron chi connectivity index (χ1n) is 5.01. The van der Waals surface area contributed by atoms with E-state index in [1.54, 1.807) is 0 Å². The average molecular weight is 183 g/mol. The van der Waals surface area contributed by atoms with Crippen LogP contribution in [0.5, 0.6) is 0 Å². The zero-order chi connectivity index (χ0) is 9.31.